The van der Waals surface area contributed by atoms with Gasteiger partial charge in [0.1, 0.15) is 0 Å². The lowest BCUT2D eigenvalue weighted by Crippen LogP contribution is -2.41. The van der Waals surface area contributed by atoms with Crippen molar-refractivity contribution in [3.63, 3.8) is 0 Å². The molecule has 3 N–H and O–H groups in total. The van der Waals surface area contributed by atoms with Crippen molar-refractivity contribution in [1.82, 2.24) is 5.32 Å². The second-order valence-electron chi connectivity index (χ2n) is 5.34. The molecule has 0 spiro atoms. The topological polar surface area (TPSA) is 69.6 Å². The lowest BCUT2D eigenvalue weighted by atomic mass is 10.0. The van der Waals surface area contributed by atoms with Crippen LogP contribution in [0.2, 0.25) is 0 Å². The number of aliphatic carboxylic acids is 1. The molecule has 1 aliphatic rings. The van der Waals surface area contributed by atoms with Gasteiger partial charge in [0.15, 0.2) is 0 Å². The van der Waals surface area contributed by atoms with Gasteiger partial charge in [-0.15, -0.1) is 0 Å². The largest absolute Gasteiger partial charge is 0.481 e. The molecule has 1 rings (SSSR count). The normalized spacial score (nSPS) is 27.9. The fraction of sp³-hybridized carbons (Fsp3) is 0.923. The molecule has 0 amide bonds. The highest BCUT2D eigenvalue weighted by molar-refractivity contribution is 5.69. The number of nitrogens with one attached hydrogen (secondary N) is 1. The Labute approximate surface area is 103 Å². The van der Waals surface area contributed by atoms with Crippen molar-refractivity contribution in [2.45, 2.75) is 70.6 Å². The summed E-state index contributed by atoms with van der Waals surface area (Å²) in [4.78, 5) is 10.6. The number of rotatable bonds is 7. The summed E-state index contributed by atoms with van der Waals surface area (Å²) in [5.74, 6) is -0.962. The van der Waals surface area contributed by atoms with Crippen molar-refractivity contribution in [1.29, 1.82) is 0 Å². The van der Waals surface area contributed by atoms with Gasteiger partial charge in [0.05, 0.1) is 12.0 Å². The minimum Gasteiger partial charge on any atom is -0.481 e. The molecule has 17 heavy (non-hydrogen) atoms. The van der Waals surface area contributed by atoms with E-state index in [0.29, 0.717) is 6.04 Å². The molecule has 0 bridgehead atoms. The maximum atomic E-state index is 10.6. The van der Waals surface area contributed by atoms with Crippen LogP contribution in [0.1, 0.15) is 52.4 Å². The van der Waals surface area contributed by atoms with Crippen LogP contribution in [0, 0.1) is 5.92 Å². The van der Waals surface area contributed by atoms with E-state index >= 15 is 0 Å². The first-order valence-electron chi connectivity index (χ1n) is 6.67. The van der Waals surface area contributed by atoms with Gasteiger partial charge in [0, 0.05) is 12.1 Å². The van der Waals surface area contributed by atoms with Crippen molar-refractivity contribution in [3.05, 3.63) is 0 Å². The van der Waals surface area contributed by atoms with Crippen LogP contribution in [-0.4, -0.2) is 34.4 Å². The predicted octanol–water partition coefficient (Wildman–Crippen LogP) is 1.77. The van der Waals surface area contributed by atoms with Gasteiger partial charge in [-0.1, -0.05) is 13.3 Å². The molecule has 4 nitrogen and oxygen atoms in total. The Hall–Kier alpha value is -0.610. The van der Waals surface area contributed by atoms with E-state index < -0.39 is 5.97 Å². The SMILES string of the molecule is CC(CCCC(C)C(=O)O)NC1CCCC1O. The van der Waals surface area contributed by atoms with E-state index in [9.17, 15) is 9.90 Å². The lowest BCUT2D eigenvalue weighted by molar-refractivity contribution is -0.141. The predicted molar refractivity (Wildman–Crippen MR) is 66.9 cm³/mol. The van der Waals surface area contributed by atoms with Gasteiger partial charge in [0.25, 0.3) is 0 Å². The van der Waals surface area contributed by atoms with Crippen molar-refractivity contribution in [2.24, 2.45) is 5.92 Å². The Morgan fingerprint density at radius 2 is 2.06 bits per heavy atom. The van der Waals surface area contributed by atoms with Gasteiger partial charge in [-0.05, 0) is 39.0 Å². The van der Waals surface area contributed by atoms with E-state index in [0.717, 1.165) is 38.5 Å². The van der Waals surface area contributed by atoms with Crippen molar-refractivity contribution < 1.29 is 15.0 Å². The Morgan fingerprint density at radius 1 is 1.35 bits per heavy atom. The summed E-state index contributed by atoms with van der Waals surface area (Å²) in [5, 5.41) is 21.9. The second kappa shape index (κ2) is 6.97. The molecular weight excluding hydrogens is 218 g/mol. The molecule has 0 aromatic carbocycles. The molecule has 0 aliphatic heterocycles. The van der Waals surface area contributed by atoms with Gasteiger partial charge >= 0.3 is 5.97 Å². The molecule has 0 aromatic rings. The van der Waals surface area contributed by atoms with Crippen LogP contribution in [-0.2, 0) is 4.79 Å². The van der Waals surface area contributed by atoms with Gasteiger partial charge in [-0.2, -0.15) is 0 Å². The zero-order chi connectivity index (χ0) is 12.8. The van der Waals surface area contributed by atoms with Crippen molar-refractivity contribution in [2.75, 3.05) is 0 Å². The molecule has 0 aromatic heterocycles. The molecule has 1 saturated carbocycles. The van der Waals surface area contributed by atoms with Gasteiger partial charge in [0.2, 0.25) is 0 Å². The van der Waals surface area contributed by atoms with Crippen molar-refractivity contribution >= 4 is 5.97 Å². The first-order chi connectivity index (χ1) is 8.00. The number of aliphatic hydroxyl groups excluding tert-OH is 1. The monoisotopic (exact) mass is 243 g/mol. The van der Waals surface area contributed by atoms with E-state index in [1.807, 2.05) is 0 Å². The number of carboxylic acid groups (broad SMARTS) is 1. The summed E-state index contributed by atoms with van der Waals surface area (Å²) >= 11 is 0. The van der Waals surface area contributed by atoms with Crippen LogP contribution >= 0.6 is 0 Å². The van der Waals surface area contributed by atoms with E-state index in [-0.39, 0.29) is 18.1 Å². The fourth-order valence-corrected chi connectivity index (χ4v) is 2.44. The van der Waals surface area contributed by atoms with Crippen LogP contribution in [0.5, 0.6) is 0 Å². The van der Waals surface area contributed by atoms with Gasteiger partial charge in [-0.3, -0.25) is 4.79 Å². The zero-order valence-electron chi connectivity index (χ0n) is 10.9. The summed E-state index contributed by atoms with van der Waals surface area (Å²) in [6.45, 7) is 3.86. The number of aliphatic hydroxyl groups is 1. The second-order valence-corrected chi connectivity index (χ2v) is 5.34. The highest BCUT2D eigenvalue weighted by Gasteiger charge is 2.25. The number of carboxylic acids is 1. The van der Waals surface area contributed by atoms with Crippen molar-refractivity contribution in [3.8, 4) is 0 Å². The standard InChI is InChI=1S/C13H25NO3/c1-9(13(16)17)5-3-6-10(2)14-11-7-4-8-12(11)15/h9-12,14-15H,3-8H2,1-2H3,(H,16,17). The third-order valence-corrected chi connectivity index (χ3v) is 3.67. The summed E-state index contributed by atoms with van der Waals surface area (Å²) in [5.41, 5.74) is 0. The molecule has 1 aliphatic carbocycles. The average molecular weight is 243 g/mol. The molecule has 4 atom stereocenters. The third-order valence-electron chi connectivity index (χ3n) is 3.67. The Balaban J connectivity index is 2.12. The molecule has 0 radical (unpaired) electrons. The van der Waals surface area contributed by atoms with Crippen LogP contribution in [0.15, 0.2) is 0 Å². The van der Waals surface area contributed by atoms with E-state index in [1.54, 1.807) is 6.92 Å². The highest BCUT2D eigenvalue weighted by atomic mass is 16.4. The highest BCUT2D eigenvalue weighted by Crippen LogP contribution is 2.20. The average Bonchev–Trinajstić information content (AvgIpc) is 2.64. The number of carbonyl (C=O) groups is 1. The number of hydrogen-bond acceptors (Lipinski definition) is 3. The number of hydrogen-bond donors (Lipinski definition) is 3. The molecule has 100 valence electrons. The molecular formula is C13H25NO3. The minimum absolute atomic E-state index is 0.199. The maximum absolute atomic E-state index is 10.6. The summed E-state index contributed by atoms with van der Waals surface area (Å²) < 4.78 is 0. The summed E-state index contributed by atoms with van der Waals surface area (Å²) in [7, 11) is 0. The van der Waals surface area contributed by atoms with E-state index in [2.05, 4.69) is 12.2 Å². The first kappa shape index (κ1) is 14.5. The lowest BCUT2D eigenvalue weighted by Gasteiger charge is -2.22. The quantitative estimate of drug-likeness (QED) is 0.637. The van der Waals surface area contributed by atoms with Crippen LogP contribution in [0.4, 0.5) is 0 Å². The van der Waals surface area contributed by atoms with E-state index in [1.165, 1.54) is 0 Å². The summed E-state index contributed by atoms with van der Waals surface area (Å²) in [6, 6.07) is 0.593. The van der Waals surface area contributed by atoms with Crippen LogP contribution in [0.25, 0.3) is 0 Å². The van der Waals surface area contributed by atoms with E-state index in [4.69, 9.17) is 5.11 Å². The molecule has 0 saturated heterocycles. The molecule has 4 unspecified atom stereocenters. The first-order valence-corrected chi connectivity index (χ1v) is 6.67. The minimum atomic E-state index is -0.711. The molecule has 0 heterocycles. The van der Waals surface area contributed by atoms with Gasteiger partial charge in [-0.25, -0.2) is 0 Å². The van der Waals surface area contributed by atoms with Gasteiger partial charge < -0.3 is 15.5 Å². The Kier molecular flexibility index (Phi) is 5.92. The van der Waals surface area contributed by atoms with Crippen LogP contribution in [0.3, 0.4) is 0 Å². The maximum Gasteiger partial charge on any atom is 0.306 e. The molecule has 4 heteroatoms. The molecule has 1 fully saturated rings. The smallest absolute Gasteiger partial charge is 0.306 e. The zero-order valence-corrected chi connectivity index (χ0v) is 10.9. The Bertz CT molecular complexity index is 245. The summed E-state index contributed by atoms with van der Waals surface area (Å²) in [6.07, 6.45) is 5.48. The third kappa shape index (κ3) is 5.04. The fourth-order valence-electron chi connectivity index (χ4n) is 2.44. The Morgan fingerprint density at radius 3 is 2.59 bits per heavy atom. The van der Waals surface area contributed by atoms with Crippen LogP contribution < -0.4 is 5.32 Å².